The van der Waals surface area contributed by atoms with Gasteiger partial charge in [0.1, 0.15) is 0 Å². The molecule has 3 atom stereocenters. The molecular weight excluding hydrogens is 312 g/mol. The van der Waals surface area contributed by atoms with Crippen molar-refractivity contribution in [3.63, 3.8) is 0 Å². The lowest BCUT2D eigenvalue weighted by molar-refractivity contribution is -0.0243. The standard InChI is InChI=1S/C21H26N2O2/c24-20-8-7-16-17(20)4-3-5-18(16)21(25)23-12-14-10-15(13-23)19-6-1-2-9-22(19)11-14/h3-5,14-15,19H,1-2,6-13H2/t14-,15-,19+/m1/s1. The second-order valence-corrected chi connectivity index (χ2v) is 8.38. The van der Waals surface area contributed by atoms with E-state index in [9.17, 15) is 9.59 Å². The van der Waals surface area contributed by atoms with Gasteiger partial charge < -0.3 is 4.90 Å². The van der Waals surface area contributed by atoms with Crippen LogP contribution in [0.5, 0.6) is 0 Å². The smallest absolute Gasteiger partial charge is 0.254 e. The number of carbonyl (C=O) groups excluding carboxylic acids is 2. The van der Waals surface area contributed by atoms with Gasteiger partial charge in [0.2, 0.25) is 0 Å². The quantitative estimate of drug-likeness (QED) is 0.790. The summed E-state index contributed by atoms with van der Waals surface area (Å²) in [5.41, 5.74) is 2.55. The van der Waals surface area contributed by atoms with E-state index in [1.165, 1.54) is 32.2 Å². The second-order valence-electron chi connectivity index (χ2n) is 8.38. The average molecular weight is 338 g/mol. The molecule has 1 aromatic rings. The fourth-order valence-electron chi connectivity index (χ4n) is 5.79. The Balaban J connectivity index is 1.40. The van der Waals surface area contributed by atoms with Gasteiger partial charge in [-0.15, -0.1) is 0 Å². The van der Waals surface area contributed by atoms with Gasteiger partial charge in [0, 0.05) is 43.2 Å². The highest BCUT2D eigenvalue weighted by Crippen LogP contribution is 2.38. The van der Waals surface area contributed by atoms with Crippen molar-refractivity contribution < 1.29 is 9.59 Å². The number of piperidine rings is 3. The van der Waals surface area contributed by atoms with Gasteiger partial charge in [0.15, 0.2) is 5.78 Å². The van der Waals surface area contributed by atoms with Crippen molar-refractivity contribution in [2.45, 2.75) is 44.6 Å². The lowest BCUT2D eigenvalue weighted by atomic mass is 9.76. The highest BCUT2D eigenvalue weighted by atomic mass is 16.2. The largest absolute Gasteiger partial charge is 0.338 e. The van der Waals surface area contributed by atoms with E-state index in [0.717, 1.165) is 42.7 Å². The Morgan fingerprint density at radius 2 is 2.00 bits per heavy atom. The Labute approximate surface area is 149 Å². The van der Waals surface area contributed by atoms with Gasteiger partial charge >= 0.3 is 0 Å². The van der Waals surface area contributed by atoms with E-state index >= 15 is 0 Å². The maximum Gasteiger partial charge on any atom is 0.254 e. The zero-order valence-corrected chi connectivity index (χ0v) is 14.7. The number of fused-ring (bicyclic) bond motifs is 5. The molecule has 3 heterocycles. The van der Waals surface area contributed by atoms with Crippen LogP contribution in [0, 0.1) is 11.8 Å². The molecule has 3 saturated heterocycles. The van der Waals surface area contributed by atoms with Crippen molar-refractivity contribution in [2.24, 2.45) is 11.8 Å². The van der Waals surface area contributed by atoms with Crippen LogP contribution in [0.1, 0.15) is 58.4 Å². The fourth-order valence-corrected chi connectivity index (χ4v) is 5.79. The topological polar surface area (TPSA) is 40.6 Å². The molecule has 4 nitrogen and oxygen atoms in total. The molecule has 0 N–H and O–H groups in total. The number of ketones is 1. The van der Waals surface area contributed by atoms with E-state index in [0.29, 0.717) is 24.3 Å². The molecule has 5 rings (SSSR count). The minimum atomic E-state index is 0.158. The van der Waals surface area contributed by atoms with Gasteiger partial charge in [0.25, 0.3) is 5.91 Å². The van der Waals surface area contributed by atoms with Crippen LogP contribution in [0.2, 0.25) is 0 Å². The number of amides is 1. The van der Waals surface area contributed by atoms with Gasteiger partial charge in [-0.25, -0.2) is 0 Å². The Bertz CT molecular complexity index is 729. The van der Waals surface area contributed by atoms with Crippen molar-refractivity contribution in [2.75, 3.05) is 26.2 Å². The molecule has 25 heavy (non-hydrogen) atoms. The first-order valence-electron chi connectivity index (χ1n) is 9.89. The highest BCUT2D eigenvalue weighted by Gasteiger charge is 2.43. The van der Waals surface area contributed by atoms with Crippen LogP contribution in [0.4, 0.5) is 0 Å². The number of Topliss-reactive ketones (excluding diaryl/α,β-unsaturated/α-hetero) is 1. The lowest BCUT2D eigenvalue weighted by Crippen LogP contribution is -2.59. The summed E-state index contributed by atoms with van der Waals surface area (Å²) in [5, 5.41) is 0. The van der Waals surface area contributed by atoms with Gasteiger partial charge in [-0.1, -0.05) is 18.6 Å². The van der Waals surface area contributed by atoms with E-state index in [-0.39, 0.29) is 11.7 Å². The number of likely N-dealkylation sites (tertiary alicyclic amines) is 1. The summed E-state index contributed by atoms with van der Waals surface area (Å²) in [6.45, 7) is 4.19. The van der Waals surface area contributed by atoms with E-state index in [1.807, 2.05) is 18.2 Å². The SMILES string of the molecule is O=C1CCc2c1cccc2C(=O)N1C[C@@H]2C[C@H](C1)[C@@H]1CCCCN1C2. The number of rotatable bonds is 1. The predicted molar refractivity (Wildman–Crippen MR) is 95.8 cm³/mol. The minimum Gasteiger partial charge on any atom is -0.338 e. The van der Waals surface area contributed by atoms with Crippen LogP contribution in [-0.2, 0) is 6.42 Å². The highest BCUT2D eigenvalue weighted by molar-refractivity contribution is 6.05. The molecule has 1 aromatic carbocycles. The molecule has 0 aromatic heterocycles. The van der Waals surface area contributed by atoms with E-state index < -0.39 is 0 Å². The maximum atomic E-state index is 13.3. The van der Waals surface area contributed by atoms with Crippen molar-refractivity contribution in [3.8, 4) is 0 Å². The molecule has 3 fully saturated rings. The molecular formula is C21H26N2O2. The summed E-state index contributed by atoms with van der Waals surface area (Å²) in [4.78, 5) is 30.1. The molecule has 0 spiro atoms. The molecule has 4 aliphatic rings. The second kappa shape index (κ2) is 5.94. The van der Waals surface area contributed by atoms with Gasteiger partial charge in [-0.05, 0) is 55.7 Å². The summed E-state index contributed by atoms with van der Waals surface area (Å²) in [6, 6.07) is 6.37. The number of benzene rings is 1. The monoisotopic (exact) mass is 338 g/mol. The third-order valence-electron chi connectivity index (χ3n) is 6.87. The Morgan fingerprint density at radius 3 is 2.92 bits per heavy atom. The summed E-state index contributed by atoms with van der Waals surface area (Å²) in [5.74, 6) is 1.61. The number of nitrogens with zero attached hydrogens (tertiary/aromatic N) is 2. The van der Waals surface area contributed by atoms with E-state index in [4.69, 9.17) is 0 Å². The first-order chi connectivity index (χ1) is 12.2. The van der Waals surface area contributed by atoms with Crippen LogP contribution in [-0.4, -0.2) is 53.7 Å². The minimum absolute atomic E-state index is 0.158. The molecule has 1 aliphatic carbocycles. The summed E-state index contributed by atoms with van der Waals surface area (Å²) >= 11 is 0. The Morgan fingerprint density at radius 1 is 1.08 bits per heavy atom. The van der Waals surface area contributed by atoms with Crippen molar-refractivity contribution in [1.82, 2.24) is 9.80 Å². The molecule has 4 heteroatoms. The maximum absolute atomic E-state index is 13.3. The van der Waals surface area contributed by atoms with Crippen LogP contribution in [0.15, 0.2) is 18.2 Å². The molecule has 0 unspecified atom stereocenters. The average Bonchev–Trinajstić information content (AvgIpc) is 3.02. The first kappa shape index (κ1) is 15.6. The Kier molecular flexibility index (Phi) is 3.70. The van der Waals surface area contributed by atoms with Gasteiger partial charge in [-0.3, -0.25) is 14.5 Å². The van der Waals surface area contributed by atoms with Crippen LogP contribution in [0.25, 0.3) is 0 Å². The molecule has 132 valence electrons. The molecule has 3 aliphatic heterocycles. The number of hydrogen-bond acceptors (Lipinski definition) is 3. The van der Waals surface area contributed by atoms with Gasteiger partial charge in [-0.2, -0.15) is 0 Å². The molecule has 1 amide bonds. The van der Waals surface area contributed by atoms with Crippen LogP contribution in [0.3, 0.4) is 0 Å². The zero-order valence-electron chi connectivity index (χ0n) is 14.7. The molecule has 2 bridgehead atoms. The normalized spacial score (nSPS) is 31.6. The Hall–Kier alpha value is -1.68. The molecule has 0 saturated carbocycles. The van der Waals surface area contributed by atoms with Crippen molar-refractivity contribution >= 4 is 11.7 Å². The number of hydrogen-bond donors (Lipinski definition) is 0. The van der Waals surface area contributed by atoms with E-state index in [2.05, 4.69) is 9.80 Å². The zero-order chi connectivity index (χ0) is 17.0. The van der Waals surface area contributed by atoms with Crippen LogP contribution < -0.4 is 0 Å². The number of carbonyl (C=O) groups is 2. The predicted octanol–water partition coefficient (Wildman–Crippen LogP) is 2.76. The van der Waals surface area contributed by atoms with Gasteiger partial charge in [0.05, 0.1) is 0 Å². The summed E-state index contributed by atoms with van der Waals surface area (Å²) in [7, 11) is 0. The summed E-state index contributed by atoms with van der Waals surface area (Å²) < 4.78 is 0. The van der Waals surface area contributed by atoms with Crippen LogP contribution >= 0.6 is 0 Å². The fraction of sp³-hybridized carbons (Fsp3) is 0.619. The molecule has 0 radical (unpaired) electrons. The third-order valence-corrected chi connectivity index (χ3v) is 6.87. The first-order valence-corrected chi connectivity index (χ1v) is 9.89. The lowest BCUT2D eigenvalue weighted by Gasteiger charge is -2.52. The third kappa shape index (κ3) is 2.53. The van der Waals surface area contributed by atoms with E-state index in [1.54, 1.807) is 0 Å². The van der Waals surface area contributed by atoms with Crippen molar-refractivity contribution in [3.05, 3.63) is 34.9 Å². The summed E-state index contributed by atoms with van der Waals surface area (Å²) in [6.07, 6.45) is 6.55. The van der Waals surface area contributed by atoms with Crippen molar-refractivity contribution in [1.29, 1.82) is 0 Å².